The standard InChI is InChI=1S/C19H17FN4O2/c1-11-7-14(12(2)25)18(15(20)8-11)19-16(5-4-6-22-19)26-17-9-13(10-21)24(3)23-17/h4-9,12,25H,1-3H3/t12-/m1/s1. The summed E-state index contributed by atoms with van der Waals surface area (Å²) in [7, 11) is 1.63. The zero-order chi connectivity index (χ0) is 18.8. The number of hydrogen-bond acceptors (Lipinski definition) is 5. The molecule has 6 nitrogen and oxygen atoms in total. The first-order valence-electron chi connectivity index (χ1n) is 7.96. The third-order valence-corrected chi connectivity index (χ3v) is 3.91. The highest BCUT2D eigenvalue weighted by Gasteiger charge is 2.21. The zero-order valence-corrected chi connectivity index (χ0v) is 14.6. The highest BCUT2D eigenvalue weighted by atomic mass is 19.1. The summed E-state index contributed by atoms with van der Waals surface area (Å²) in [5.41, 5.74) is 1.88. The number of nitrogens with zero attached hydrogens (tertiary/aromatic N) is 4. The zero-order valence-electron chi connectivity index (χ0n) is 14.6. The molecule has 0 radical (unpaired) electrons. The van der Waals surface area contributed by atoms with Gasteiger partial charge in [-0.05, 0) is 43.2 Å². The Hall–Kier alpha value is -3.24. The predicted molar refractivity (Wildman–Crippen MR) is 93.0 cm³/mol. The van der Waals surface area contributed by atoms with E-state index in [1.807, 2.05) is 6.07 Å². The quantitative estimate of drug-likeness (QED) is 0.775. The van der Waals surface area contributed by atoms with Gasteiger partial charge >= 0.3 is 0 Å². The Morgan fingerprint density at radius 1 is 1.35 bits per heavy atom. The lowest BCUT2D eigenvalue weighted by molar-refractivity contribution is 0.199. The minimum Gasteiger partial charge on any atom is -0.435 e. The Labute approximate surface area is 150 Å². The lowest BCUT2D eigenvalue weighted by Gasteiger charge is -2.16. The maximum absolute atomic E-state index is 14.7. The number of aromatic nitrogens is 3. The van der Waals surface area contributed by atoms with Gasteiger partial charge in [0.2, 0.25) is 5.88 Å². The molecule has 1 atom stereocenters. The molecule has 0 aliphatic rings. The Bertz CT molecular complexity index is 1010. The molecule has 0 bridgehead atoms. The number of hydrogen-bond donors (Lipinski definition) is 1. The fourth-order valence-corrected chi connectivity index (χ4v) is 2.72. The molecule has 0 spiro atoms. The number of aliphatic hydroxyl groups is 1. The minimum absolute atomic E-state index is 0.178. The van der Waals surface area contributed by atoms with Crippen LogP contribution in [-0.2, 0) is 7.05 Å². The van der Waals surface area contributed by atoms with E-state index in [2.05, 4.69) is 10.1 Å². The van der Waals surface area contributed by atoms with Gasteiger partial charge in [-0.3, -0.25) is 9.67 Å². The van der Waals surface area contributed by atoms with Crippen molar-refractivity contribution in [2.75, 3.05) is 0 Å². The van der Waals surface area contributed by atoms with Crippen molar-refractivity contribution in [3.63, 3.8) is 0 Å². The third-order valence-electron chi connectivity index (χ3n) is 3.91. The van der Waals surface area contributed by atoms with Gasteiger partial charge in [-0.15, -0.1) is 5.10 Å². The average molecular weight is 352 g/mol. The van der Waals surface area contributed by atoms with Crippen LogP contribution < -0.4 is 4.74 Å². The maximum atomic E-state index is 14.7. The van der Waals surface area contributed by atoms with E-state index in [0.29, 0.717) is 16.8 Å². The van der Waals surface area contributed by atoms with Gasteiger partial charge < -0.3 is 9.84 Å². The van der Waals surface area contributed by atoms with Crippen LogP contribution in [-0.4, -0.2) is 19.9 Å². The Morgan fingerprint density at radius 2 is 2.12 bits per heavy atom. The number of benzene rings is 1. The van der Waals surface area contributed by atoms with Gasteiger partial charge in [-0.25, -0.2) is 4.39 Å². The molecular formula is C19H17FN4O2. The summed E-state index contributed by atoms with van der Waals surface area (Å²) in [5.74, 6) is -0.0210. The Kier molecular flexibility index (Phi) is 4.69. The van der Waals surface area contributed by atoms with E-state index in [9.17, 15) is 9.50 Å². The van der Waals surface area contributed by atoms with Crippen molar-refractivity contribution in [2.24, 2.45) is 7.05 Å². The molecule has 3 rings (SSSR count). The van der Waals surface area contributed by atoms with Crippen molar-refractivity contribution in [1.82, 2.24) is 14.8 Å². The van der Waals surface area contributed by atoms with Crippen LogP contribution in [0.2, 0.25) is 0 Å². The van der Waals surface area contributed by atoms with Gasteiger partial charge in [0.1, 0.15) is 23.3 Å². The third kappa shape index (κ3) is 3.27. The maximum Gasteiger partial charge on any atom is 0.239 e. The normalized spacial score (nSPS) is 11.8. The molecule has 0 amide bonds. The fraction of sp³-hybridized carbons (Fsp3) is 0.211. The molecule has 132 valence electrons. The predicted octanol–water partition coefficient (Wildman–Crippen LogP) is 3.65. The molecule has 1 N–H and O–H groups in total. The number of rotatable bonds is 4. The number of pyridine rings is 1. The smallest absolute Gasteiger partial charge is 0.239 e. The van der Waals surface area contributed by atoms with Crippen LogP contribution in [0.3, 0.4) is 0 Å². The number of halogens is 1. The van der Waals surface area contributed by atoms with E-state index in [1.165, 1.54) is 23.0 Å². The highest BCUT2D eigenvalue weighted by molar-refractivity contribution is 5.71. The van der Waals surface area contributed by atoms with Crippen LogP contribution in [0.15, 0.2) is 36.5 Å². The molecule has 26 heavy (non-hydrogen) atoms. The molecule has 2 aromatic heterocycles. The van der Waals surface area contributed by atoms with Crippen molar-refractivity contribution in [3.05, 3.63) is 59.2 Å². The molecule has 2 heterocycles. The van der Waals surface area contributed by atoms with Gasteiger partial charge in [-0.1, -0.05) is 6.07 Å². The number of ether oxygens (including phenoxy) is 1. The van der Waals surface area contributed by atoms with Gasteiger partial charge in [0.15, 0.2) is 5.75 Å². The molecule has 0 saturated heterocycles. The first-order chi connectivity index (χ1) is 12.4. The largest absolute Gasteiger partial charge is 0.435 e. The molecule has 1 aromatic carbocycles. The van der Waals surface area contributed by atoms with Crippen molar-refractivity contribution in [1.29, 1.82) is 5.26 Å². The molecular weight excluding hydrogens is 335 g/mol. The number of aliphatic hydroxyl groups excluding tert-OH is 1. The Balaban J connectivity index is 2.12. The van der Waals surface area contributed by atoms with Gasteiger partial charge in [0.05, 0.1) is 6.10 Å². The van der Waals surface area contributed by atoms with E-state index in [1.54, 1.807) is 39.1 Å². The highest BCUT2D eigenvalue weighted by Crippen LogP contribution is 2.37. The SMILES string of the molecule is Cc1cc(F)c(-c2ncccc2Oc2cc(C#N)n(C)n2)c([C@@H](C)O)c1. The molecule has 0 fully saturated rings. The monoisotopic (exact) mass is 352 g/mol. The molecule has 0 unspecified atom stereocenters. The van der Waals surface area contributed by atoms with E-state index >= 15 is 0 Å². The van der Waals surface area contributed by atoms with Crippen molar-refractivity contribution in [3.8, 4) is 29.0 Å². The van der Waals surface area contributed by atoms with Crippen molar-refractivity contribution < 1.29 is 14.2 Å². The molecule has 0 aliphatic carbocycles. The van der Waals surface area contributed by atoms with Crippen LogP contribution >= 0.6 is 0 Å². The lowest BCUT2D eigenvalue weighted by Crippen LogP contribution is -2.02. The molecule has 0 aliphatic heterocycles. The van der Waals surface area contributed by atoms with E-state index in [-0.39, 0.29) is 22.9 Å². The van der Waals surface area contributed by atoms with E-state index in [4.69, 9.17) is 10.00 Å². The van der Waals surface area contributed by atoms with E-state index in [0.717, 1.165) is 0 Å². The number of nitriles is 1. The Morgan fingerprint density at radius 3 is 2.77 bits per heavy atom. The second-order valence-electron chi connectivity index (χ2n) is 5.94. The average Bonchev–Trinajstić information content (AvgIpc) is 2.94. The number of aryl methyl sites for hydroxylation is 2. The van der Waals surface area contributed by atoms with Crippen LogP contribution in [0, 0.1) is 24.1 Å². The summed E-state index contributed by atoms with van der Waals surface area (Å²) in [4.78, 5) is 4.25. The summed E-state index contributed by atoms with van der Waals surface area (Å²) in [5, 5.41) is 23.2. The summed E-state index contributed by atoms with van der Waals surface area (Å²) in [6, 6.07) is 9.87. The van der Waals surface area contributed by atoms with Gasteiger partial charge in [-0.2, -0.15) is 5.26 Å². The molecule has 7 heteroatoms. The van der Waals surface area contributed by atoms with Crippen LogP contribution in [0.1, 0.15) is 29.8 Å². The van der Waals surface area contributed by atoms with Crippen LogP contribution in [0.5, 0.6) is 11.6 Å². The van der Waals surface area contributed by atoms with Crippen LogP contribution in [0.25, 0.3) is 11.3 Å². The summed E-state index contributed by atoms with van der Waals surface area (Å²) in [6.07, 6.45) is 0.640. The summed E-state index contributed by atoms with van der Waals surface area (Å²) < 4.78 is 21.9. The lowest BCUT2D eigenvalue weighted by atomic mass is 9.96. The molecule has 0 saturated carbocycles. The second kappa shape index (κ2) is 6.94. The van der Waals surface area contributed by atoms with Crippen molar-refractivity contribution in [2.45, 2.75) is 20.0 Å². The van der Waals surface area contributed by atoms with Gasteiger partial charge in [0, 0.05) is 24.9 Å². The topological polar surface area (TPSA) is 84.0 Å². The van der Waals surface area contributed by atoms with E-state index < -0.39 is 11.9 Å². The first kappa shape index (κ1) is 17.6. The minimum atomic E-state index is -0.880. The summed E-state index contributed by atoms with van der Waals surface area (Å²) >= 11 is 0. The fourth-order valence-electron chi connectivity index (χ4n) is 2.72. The van der Waals surface area contributed by atoms with Gasteiger partial charge in [0.25, 0.3) is 0 Å². The van der Waals surface area contributed by atoms with Crippen LogP contribution in [0.4, 0.5) is 4.39 Å². The first-order valence-corrected chi connectivity index (χ1v) is 7.96. The molecule has 3 aromatic rings. The van der Waals surface area contributed by atoms with Crippen molar-refractivity contribution >= 4 is 0 Å². The summed E-state index contributed by atoms with van der Waals surface area (Å²) in [6.45, 7) is 3.32. The second-order valence-corrected chi connectivity index (χ2v) is 5.94.